The van der Waals surface area contributed by atoms with E-state index in [1.807, 2.05) is 0 Å². The van der Waals surface area contributed by atoms with Crippen molar-refractivity contribution in [1.29, 1.82) is 0 Å². The van der Waals surface area contributed by atoms with E-state index in [0.29, 0.717) is 0 Å². The van der Waals surface area contributed by atoms with Gasteiger partial charge in [0, 0.05) is 19.6 Å². The Hall–Kier alpha value is 0.300. The first kappa shape index (κ1) is 17.3. The molecule has 104 valence electrons. The van der Waals surface area contributed by atoms with Gasteiger partial charge in [0.2, 0.25) is 0 Å². The minimum atomic E-state index is -4.94. The van der Waals surface area contributed by atoms with Crippen molar-refractivity contribution in [3.8, 4) is 0 Å². The molecule has 3 heterocycles. The summed E-state index contributed by atoms with van der Waals surface area (Å²) in [6, 6.07) is 0. The third-order valence-corrected chi connectivity index (χ3v) is 3.40. The van der Waals surface area contributed by atoms with Crippen LogP contribution in [0.4, 0.5) is 0 Å². The van der Waals surface area contributed by atoms with E-state index in [2.05, 4.69) is 4.90 Å². The van der Waals surface area contributed by atoms with E-state index < -0.39 is 10.2 Å². The van der Waals surface area contributed by atoms with Gasteiger partial charge in [0.25, 0.3) is 0 Å². The lowest BCUT2D eigenvalue weighted by Gasteiger charge is -2.50. The summed E-state index contributed by atoms with van der Waals surface area (Å²) in [4.78, 5) is 2.56. The Bertz CT molecular complexity index is 193. The molecule has 0 aliphatic carbocycles. The van der Waals surface area contributed by atoms with Gasteiger partial charge in [-0.1, -0.05) is 0 Å². The average Bonchev–Trinajstić information content (AvgIpc) is 2.18. The van der Waals surface area contributed by atoms with Crippen LogP contribution in [0.15, 0.2) is 0 Å². The van der Waals surface area contributed by atoms with E-state index in [1.165, 1.54) is 50.3 Å². The van der Waals surface area contributed by atoms with Crippen LogP contribution in [0.1, 0.15) is 0 Å². The number of fused-ring (bicyclic) bond motifs is 3. The average molecular weight is 293 g/mol. The monoisotopic (exact) mass is 292 g/mol. The molecule has 0 aromatic carbocycles. The van der Waals surface area contributed by atoms with Crippen LogP contribution in [0.5, 0.6) is 0 Å². The highest BCUT2D eigenvalue weighted by Crippen LogP contribution is 2.18. The van der Waals surface area contributed by atoms with Crippen molar-refractivity contribution in [2.24, 2.45) is 0 Å². The molecule has 7 nitrogen and oxygen atoms in total. The Morgan fingerprint density at radius 3 is 1.65 bits per heavy atom. The lowest BCUT2D eigenvalue weighted by atomic mass is 10.1. The van der Waals surface area contributed by atoms with Crippen LogP contribution in [0, 0.1) is 10.2 Å². The first-order valence-corrected chi connectivity index (χ1v) is 6.87. The molecular weight excluding hydrogens is 275 g/mol. The Morgan fingerprint density at radius 1 is 1.00 bits per heavy atom. The molecule has 0 saturated carbocycles. The van der Waals surface area contributed by atoms with E-state index in [1.54, 1.807) is 0 Å². The van der Waals surface area contributed by atoms with Crippen molar-refractivity contribution in [3.05, 3.63) is 0 Å². The maximum Gasteiger partial charge on any atom is 0.0925 e. The second kappa shape index (κ2) is 7.03. The molecule has 17 heavy (non-hydrogen) atoms. The number of rotatable bonds is 2. The molecule has 2 bridgehead atoms. The van der Waals surface area contributed by atoms with Gasteiger partial charge in [0.1, 0.15) is 0 Å². The zero-order valence-corrected chi connectivity index (χ0v) is 11.0. The van der Waals surface area contributed by atoms with E-state index in [-0.39, 0.29) is 5.48 Å². The molecule has 3 aliphatic heterocycles. The second-order valence-corrected chi connectivity index (χ2v) is 5.28. The molecule has 3 saturated heterocycles. The van der Waals surface area contributed by atoms with Crippen LogP contribution in [-0.4, -0.2) is 66.6 Å². The largest absolute Gasteiger partial charge is 0.412 e. The summed E-state index contributed by atoms with van der Waals surface area (Å²) in [6.07, 6.45) is 0. The normalized spacial score (nSPS) is 31.2. The summed E-state index contributed by atoms with van der Waals surface area (Å²) in [7, 11) is -4.94. The minimum Gasteiger partial charge on any atom is -0.412 e. The van der Waals surface area contributed by atoms with Crippen molar-refractivity contribution < 1.29 is 38.8 Å². The summed E-state index contributed by atoms with van der Waals surface area (Å²) in [5, 5.41) is 0. The predicted octanol–water partition coefficient (Wildman–Crippen LogP) is -5.21. The highest BCUT2D eigenvalue weighted by atomic mass is 35.7. The molecule has 0 amide bonds. The number of alkyl halides is 1. The van der Waals surface area contributed by atoms with Crippen molar-refractivity contribution in [2.45, 2.75) is 0 Å². The number of hydrogen-bond donors (Lipinski definition) is 0. The van der Waals surface area contributed by atoms with Crippen LogP contribution in [0.25, 0.3) is 0 Å². The second-order valence-electron chi connectivity index (χ2n) is 4.14. The smallest absolute Gasteiger partial charge is 0.0925 e. The van der Waals surface area contributed by atoms with Gasteiger partial charge in [-0.3, -0.25) is 4.90 Å². The molecule has 0 atom stereocenters. The van der Waals surface area contributed by atoms with Gasteiger partial charge in [0.05, 0.1) is 32.1 Å². The molecule has 9 heteroatoms. The zero-order chi connectivity index (χ0) is 12.2. The molecule has 0 unspecified atom stereocenters. The summed E-state index contributed by atoms with van der Waals surface area (Å²) in [6.45, 7) is 9.12. The molecule has 2 N–H and O–H groups in total. The van der Waals surface area contributed by atoms with Gasteiger partial charge in [-0.15, -0.1) is 21.8 Å². The fourth-order valence-electron chi connectivity index (χ4n) is 2.25. The van der Waals surface area contributed by atoms with Crippen molar-refractivity contribution in [2.75, 3.05) is 51.7 Å². The van der Waals surface area contributed by atoms with E-state index >= 15 is 0 Å². The van der Waals surface area contributed by atoms with Crippen LogP contribution < -0.4 is 18.6 Å². The van der Waals surface area contributed by atoms with E-state index in [0.717, 1.165) is 5.88 Å². The molecule has 3 fully saturated rings. The quantitative estimate of drug-likeness (QED) is 0.371. The lowest BCUT2D eigenvalue weighted by Crippen LogP contribution is -2.68. The van der Waals surface area contributed by atoms with Gasteiger partial charge in [-0.2, -0.15) is 0 Å². The van der Waals surface area contributed by atoms with Crippen molar-refractivity contribution >= 4 is 11.6 Å². The highest BCUT2D eigenvalue weighted by Gasteiger charge is 2.37. The predicted molar refractivity (Wildman–Crippen MR) is 50.5 cm³/mol. The molecule has 0 radical (unpaired) electrons. The number of piperazine rings is 3. The molecule has 0 aromatic rings. The fourth-order valence-corrected chi connectivity index (χ4v) is 2.60. The van der Waals surface area contributed by atoms with E-state index in [9.17, 15) is 0 Å². The van der Waals surface area contributed by atoms with Gasteiger partial charge in [-0.05, 0) is 0 Å². The van der Waals surface area contributed by atoms with Crippen LogP contribution >= 0.6 is 11.6 Å². The Morgan fingerprint density at radius 2 is 1.35 bits per heavy atom. The maximum atomic E-state index is 8.49. The molecular formula is C8H18Cl2N2O5. The summed E-state index contributed by atoms with van der Waals surface area (Å²) in [5.41, 5.74) is 0. The molecule has 3 rings (SSSR count). The van der Waals surface area contributed by atoms with Crippen LogP contribution in [-0.2, 0) is 0 Å². The third kappa shape index (κ3) is 6.70. The Balaban J connectivity index is 0.000000373. The molecule has 0 spiro atoms. The zero-order valence-electron chi connectivity index (χ0n) is 9.44. The number of halogens is 2. The number of hydrogen-bond acceptors (Lipinski definition) is 5. The maximum absolute atomic E-state index is 8.49. The summed E-state index contributed by atoms with van der Waals surface area (Å²) in [5.74, 6) is 0.833. The number of quaternary nitrogens is 1. The van der Waals surface area contributed by atoms with Crippen LogP contribution in [0.3, 0.4) is 0 Å². The first-order chi connectivity index (χ1) is 7.35. The summed E-state index contributed by atoms with van der Waals surface area (Å²) < 4.78 is 35.3. The highest BCUT2D eigenvalue weighted by molar-refractivity contribution is 6.17. The summed E-state index contributed by atoms with van der Waals surface area (Å²) >= 11 is 5.79. The van der Waals surface area contributed by atoms with Gasteiger partial charge < -0.3 is 9.96 Å². The topological polar surface area (TPSA) is 127 Å². The SMILES string of the molecule is ClCC[N+]12CCN(CC1)CC2.O.[O-][Cl+3]([O-])([O-])[O-]. The molecule has 0 aromatic heterocycles. The Kier molecular flexibility index (Phi) is 7.15. The molecule has 3 aliphatic rings. The Labute approximate surface area is 107 Å². The number of nitrogens with zero attached hydrogens (tertiary/aromatic N) is 2. The van der Waals surface area contributed by atoms with Crippen LogP contribution in [0.2, 0.25) is 0 Å². The van der Waals surface area contributed by atoms with Crippen molar-refractivity contribution in [1.82, 2.24) is 4.90 Å². The first-order valence-electron chi connectivity index (χ1n) is 5.10. The van der Waals surface area contributed by atoms with E-state index in [4.69, 9.17) is 30.2 Å². The van der Waals surface area contributed by atoms with Gasteiger partial charge in [-0.25, -0.2) is 18.6 Å². The minimum absolute atomic E-state index is 0. The lowest BCUT2D eigenvalue weighted by molar-refractivity contribution is -2.00. The van der Waals surface area contributed by atoms with Crippen molar-refractivity contribution in [3.63, 3.8) is 0 Å². The standard InChI is InChI=1S/C8H16ClN2.ClHO4.H2O/c9-1-5-11-6-2-10(3-7-11)4-8-11;2-1(3,4)5;/h1-8H2;(H,2,3,4,5);1H2/q+1;;/p-1. The van der Waals surface area contributed by atoms with Gasteiger partial charge in [0.15, 0.2) is 0 Å². The van der Waals surface area contributed by atoms with Gasteiger partial charge >= 0.3 is 0 Å². The third-order valence-electron chi connectivity index (χ3n) is 3.23. The fraction of sp³-hybridized carbons (Fsp3) is 1.00.